The molecule has 11 nitrogen and oxygen atoms in total. The summed E-state index contributed by atoms with van der Waals surface area (Å²) in [6.07, 6.45) is 11.6. The molecule has 2 bridgehead atoms. The molecule has 1 saturated heterocycles. The smallest absolute Gasteiger partial charge is 0.408 e. The first-order valence-corrected chi connectivity index (χ1v) is 17.9. The van der Waals surface area contributed by atoms with Crippen molar-refractivity contribution in [2.75, 3.05) is 20.3 Å². The van der Waals surface area contributed by atoms with Gasteiger partial charge in [-0.15, -0.1) is 0 Å². The molecular formula is C37H50N4O7. The van der Waals surface area contributed by atoms with Gasteiger partial charge in [-0.3, -0.25) is 4.79 Å². The summed E-state index contributed by atoms with van der Waals surface area (Å²) in [6.45, 7) is 6.33. The molecule has 3 fully saturated rings. The fourth-order valence-electron chi connectivity index (χ4n) is 7.54. The SMILES string of the molecule is CC[C@@H]1[C@@H]2CN(C(=O)[C@H](C3CCCCC3)NC(=O)O[C@@H]3C[C@H]3CCC/C=C/c3nc4ccc(OC)cc4nc3O2)[C@@H]1C(=O)OCC(C)C. The van der Waals surface area contributed by atoms with Gasteiger partial charge in [-0.1, -0.05) is 46.1 Å². The topological polar surface area (TPSA) is 129 Å². The largest absolute Gasteiger partial charge is 0.497 e. The molecule has 1 aromatic heterocycles. The van der Waals surface area contributed by atoms with Crippen LogP contribution in [0.25, 0.3) is 17.1 Å². The monoisotopic (exact) mass is 662 g/mol. The maximum Gasteiger partial charge on any atom is 0.408 e. The van der Waals surface area contributed by atoms with E-state index in [9.17, 15) is 14.4 Å². The molecule has 0 spiro atoms. The van der Waals surface area contributed by atoms with Crippen molar-refractivity contribution in [1.82, 2.24) is 20.2 Å². The fraction of sp³-hybridized carbons (Fsp3) is 0.649. The zero-order valence-electron chi connectivity index (χ0n) is 28.7. The second-order valence-electron chi connectivity index (χ2n) is 14.2. The molecular weight excluding hydrogens is 612 g/mol. The Kier molecular flexibility index (Phi) is 10.7. The van der Waals surface area contributed by atoms with Gasteiger partial charge < -0.3 is 29.2 Å². The maximum atomic E-state index is 14.7. The van der Waals surface area contributed by atoms with E-state index in [1.54, 1.807) is 12.0 Å². The van der Waals surface area contributed by atoms with Gasteiger partial charge in [-0.2, -0.15) is 0 Å². The van der Waals surface area contributed by atoms with E-state index in [1.165, 1.54) is 0 Å². The lowest BCUT2D eigenvalue weighted by atomic mass is 9.83. The quantitative estimate of drug-likeness (QED) is 0.366. The number of allylic oxidation sites excluding steroid dienone is 1. The second kappa shape index (κ2) is 15.1. The number of aromatic nitrogens is 2. The number of rotatable bonds is 6. The Labute approximate surface area is 283 Å². The number of benzene rings is 1. The van der Waals surface area contributed by atoms with Gasteiger partial charge in [0.1, 0.15) is 35.7 Å². The summed E-state index contributed by atoms with van der Waals surface area (Å²) < 4.78 is 23.8. The Morgan fingerprint density at radius 1 is 1.02 bits per heavy atom. The third-order valence-corrected chi connectivity index (χ3v) is 10.3. The molecule has 0 radical (unpaired) electrons. The average molecular weight is 663 g/mol. The molecule has 2 aromatic rings. The van der Waals surface area contributed by atoms with Gasteiger partial charge in [0.05, 0.1) is 31.3 Å². The van der Waals surface area contributed by atoms with Crippen LogP contribution in [0.15, 0.2) is 24.3 Å². The molecule has 2 saturated carbocycles. The van der Waals surface area contributed by atoms with Crippen LogP contribution >= 0.6 is 0 Å². The summed E-state index contributed by atoms with van der Waals surface area (Å²) in [6, 6.07) is 3.86. The summed E-state index contributed by atoms with van der Waals surface area (Å²) in [5.74, 6) is 0.262. The summed E-state index contributed by atoms with van der Waals surface area (Å²) in [4.78, 5) is 53.2. The lowest BCUT2D eigenvalue weighted by Gasteiger charge is -2.34. The molecule has 1 N–H and O–H groups in total. The number of ether oxygens (including phenoxy) is 4. The van der Waals surface area contributed by atoms with Gasteiger partial charge in [-0.05, 0) is 80.9 Å². The lowest BCUT2D eigenvalue weighted by molar-refractivity contribution is -0.156. The Bertz CT molecular complexity index is 1510. The van der Waals surface area contributed by atoms with E-state index in [0.717, 1.165) is 57.8 Å². The predicted molar refractivity (Wildman–Crippen MR) is 180 cm³/mol. The van der Waals surface area contributed by atoms with E-state index in [2.05, 4.69) is 11.4 Å². The summed E-state index contributed by atoms with van der Waals surface area (Å²) >= 11 is 0. The van der Waals surface area contributed by atoms with E-state index in [1.807, 2.05) is 45.0 Å². The highest BCUT2D eigenvalue weighted by atomic mass is 16.6. The second-order valence-corrected chi connectivity index (χ2v) is 14.2. The number of hydrogen-bond donors (Lipinski definition) is 1. The minimum atomic E-state index is -0.877. The standard InChI is InChI=1S/C37H50N4O7/c1-5-26-31-20-41(33(26)36(43)46-21-22(2)3)35(42)32(23-12-8-6-9-13-23)40-37(44)48-30-18-24(30)14-10-7-11-15-28-34(47-31)39-29-19-25(45-4)16-17-27(29)38-28/h11,15-17,19,22-24,26,30-33H,5-10,12-14,18,20-21H2,1-4H3,(H,40,44)/b15-11+/t24-,26-,30-,31+,32+,33+/m1/s1. The van der Waals surface area contributed by atoms with Crippen LogP contribution in [-0.2, 0) is 19.1 Å². The van der Waals surface area contributed by atoms with Crippen LogP contribution in [0.1, 0.15) is 90.7 Å². The Morgan fingerprint density at radius 3 is 2.56 bits per heavy atom. The van der Waals surface area contributed by atoms with Gasteiger partial charge in [0.25, 0.3) is 0 Å². The first-order valence-electron chi connectivity index (χ1n) is 17.9. The molecule has 2 aliphatic heterocycles. The van der Waals surface area contributed by atoms with Crippen molar-refractivity contribution in [2.45, 2.75) is 109 Å². The van der Waals surface area contributed by atoms with E-state index in [0.29, 0.717) is 40.7 Å². The predicted octanol–water partition coefficient (Wildman–Crippen LogP) is 6.08. The molecule has 2 aliphatic carbocycles. The Balaban J connectivity index is 1.40. The zero-order valence-corrected chi connectivity index (χ0v) is 28.7. The maximum absolute atomic E-state index is 14.7. The molecule has 6 atom stereocenters. The van der Waals surface area contributed by atoms with Crippen molar-refractivity contribution >= 4 is 35.1 Å². The van der Waals surface area contributed by atoms with E-state index in [4.69, 9.17) is 28.9 Å². The van der Waals surface area contributed by atoms with Gasteiger partial charge in [0.2, 0.25) is 11.8 Å². The van der Waals surface area contributed by atoms with Crippen molar-refractivity contribution in [3.63, 3.8) is 0 Å². The number of methoxy groups -OCH3 is 1. The normalized spacial score (nSPS) is 29.1. The number of fused-ring (bicyclic) bond motifs is 5. The molecule has 260 valence electrons. The van der Waals surface area contributed by atoms with Crippen LogP contribution in [0.5, 0.6) is 11.6 Å². The third-order valence-electron chi connectivity index (χ3n) is 10.3. The Hall–Kier alpha value is -3.89. The molecule has 48 heavy (non-hydrogen) atoms. The van der Waals surface area contributed by atoms with Crippen molar-refractivity contribution in [1.29, 1.82) is 0 Å². The van der Waals surface area contributed by atoms with Crippen LogP contribution < -0.4 is 14.8 Å². The molecule has 0 unspecified atom stereocenters. The number of esters is 1. The first-order chi connectivity index (χ1) is 23.2. The van der Waals surface area contributed by atoms with E-state index >= 15 is 0 Å². The minimum absolute atomic E-state index is 0.0511. The molecule has 6 rings (SSSR count). The van der Waals surface area contributed by atoms with Crippen LogP contribution in [0.3, 0.4) is 0 Å². The number of nitrogens with one attached hydrogen (secondary N) is 1. The van der Waals surface area contributed by atoms with Gasteiger partial charge in [-0.25, -0.2) is 19.6 Å². The number of nitrogens with zero attached hydrogens (tertiary/aromatic N) is 3. The highest BCUT2D eigenvalue weighted by Gasteiger charge is 2.52. The highest BCUT2D eigenvalue weighted by Crippen LogP contribution is 2.39. The number of hydrogen-bond acceptors (Lipinski definition) is 9. The highest BCUT2D eigenvalue weighted by molar-refractivity contribution is 5.91. The third kappa shape index (κ3) is 7.70. The van der Waals surface area contributed by atoms with E-state index < -0.39 is 30.3 Å². The van der Waals surface area contributed by atoms with E-state index in [-0.39, 0.29) is 42.9 Å². The van der Waals surface area contributed by atoms with Crippen LogP contribution in [0.4, 0.5) is 4.79 Å². The van der Waals surface area contributed by atoms with Crippen LogP contribution in [0.2, 0.25) is 0 Å². The van der Waals surface area contributed by atoms with Crippen LogP contribution in [0, 0.1) is 23.7 Å². The van der Waals surface area contributed by atoms with Crippen molar-refractivity contribution < 1.29 is 33.3 Å². The molecule has 11 heteroatoms. The molecule has 4 aliphatic rings. The van der Waals surface area contributed by atoms with Crippen LogP contribution in [-0.4, -0.2) is 77.4 Å². The van der Waals surface area contributed by atoms with Gasteiger partial charge >= 0.3 is 12.1 Å². The number of carbonyl (C=O) groups excluding carboxylic acids is 3. The summed E-state index contributed by atoms with van der Waals surface area (Å²) in [5, 5.41) is 2.98. The minimum Gasteiger partial charge on any atom is -0.497 e. The Morgan fingerprint density at radius 2 is 1.81 bits per heavy atom. The summed E-state index contributed by atoms with van der Waals surface area (Å²) in [7, 11) is 1.61. The number of carbonyl (C=O) groups is 3. The molecule has 1 aromatic carbocycles. The van der Waals surface area contributed by atoms with Gasteiger partial charge in [0.15, 0.2) is 0 Å². The van der Waals surface area contributed by atoms with Crippen molar-refractivity contribution in [2.24, 2.45) is 23.7 Å². The fourth-order valence-corrected chi connectivity index (χ4v) is 7.54. The molecule has 3 heterocycles. The van der Waals surface area contributed by atoms with Crippen molar-refractivity contribution in [3.8, 4) is 11.6 Å². The zero-order chi connectivity index (χ0) is 33.8. The van der Waals surface area contributed by atoms with Gasteiger partial charge in [0, 0.05) is 12.0 Å². The summed E-state index contributed by atoms with van der Waals surface area (Å²) in [5.41, 5.74) is 1.92. The number of alkyl carbamates (subject to hydrolysis) is 1. The number of amides is 2. The molecule has 2 amide bonds. The average Bonchev–Trinajstić information content (AvgIpc) is 3.71. The first kappa shape index (κ1) is 34.0. The lowest BCUT2D eigenvalue weighted by Crippen LogP contribution is -2.56. The van der Waals surface area contributed by atoms with Crippen molar-refractivity contribution in [3.05, 3.63) is 30.0 Å².